The summed E-state index contributed by atoms with van der Waals surface area (Å²) in [6, 6.07) is 16.0. The number of halogens is 1. The highest BCUT2D eigenvalue weighted by Crippen LogP contribution is 2.38. The van der Waals surface area contributed by atoms with Crippen molar-refractivity contribution in [2.24, 2.45) is 5.41 Å². The van der Waals surface area contributed by atoms with E-state index in [9.17, 15) is 28.2 Å². The molecule has 49 heavy (non-hydrogen) atoms. The molecule has 0 bridgehead atoms. The van der Waals surface area contributed by atoms with Crippen LogP contribution in [0.25, 0.3) is 11.1 Å². The van der Waals surface area contributed by atoms with Crippen LogP contribution in [-0.2, 0) is 14.8 Å². The van der Waals surface area contributed by atoms with Crippen LogP contribution in [-0.4, -0.2) is 79.2 Å². The van der Waals surface area contributed by atoms with Crippen LogP contribution in [0.5, 0.6) is 5.75 Å². The highest BCUT2D eigenvalue weighted by atomic mass is 35.5. The molecule has 2 aromatic carbocycles. The predicted molar refractivity (Wildman–Crippen MR) is 189 cm³/mol. The van der Waals surface area contributed by atoms with Gasteiger partial charge in [0.05, 0.1) is 36.7 Å². The van der Waals surface area contributed by atoms with E-state index in [0.29, 0.717) is 11.3 Å². The van der Waals surface area contributed by atoms with Crippen molar-refractivity contribution in [3.05, 3.63) is 82.6 Å². The molecule has 1 aliphatic carbocycles. The summed E-state index contributed by atoms with van der Waals surface area (Å²) in [5.74, 6) is -1.02. The number of carbonyl (C=O) groups is 2. The van der Waals surface area contributed by atoms with Crippen LogP contribution in [0.2, 0.25) is 5.15 Å². The van der Waals surface area contributed by atoms with Gasteiger partial charge < -0.3 is 24.6 Å². The number of carbonyl (C=O) groups excluding carboxylic acids is 1. The van der Waals surface area contributed by atoms with Gasteiger partial charge in [0.1, 0.15) is 10.9 Å². The fraction of sp³-hybridized carbons (Fsp3) is 0.472. The quantitative estimate of drug-likeness (QED) is 0.155. The number of aliphatic hydroxyl groups excluding tert-OH is 1. The van der Waals surface area contributed by atoms with E-state index in [2.05, 4.69) is 9.71 Å². The first-order chi connectivity index (χ1) is 23.2. The Labute approximate surface area is 293 Å². The van der Waals surface area contributed by atoms with E-state index in [4.69, 9.17) is 21.1 Å². The Bertz CT molecular complexity index is 1670. The number of amides is 2. The summed E-state index contributed by atoms with van der Waals surface area (Å²) < 4.78 is 38.2. The molecule has 2 atom stereocenters. The topological polar surface area (TPSA) is 155 Å². The third-order valence-corrected chi connectivity index (χ3v) is 10.2. The summed E-state index contributed by atoms with van der Waals surface area (Å²) in [6.07, 6.45) is 3.98. The Morgan fingerprint density at radius 1 is 1.00 bits per heavy atom. The maximum absolute atomic E-state index is 13.2. The number of pyridine rings is 1. The van der Waals surface area contributed by atoms with Gasteiger partial charge in [-0.2, -0.15) is 0 Å². The molecule has 1 saturated carbocycles. The molecule has 1 fully saturated rings. The van der Waals surface area contributed by atoms with E-state index < -0.39 is 28.1 Å². The van der Waals surface area contributed by atoms with Crippen molar-refractivity contribution in [2.45, 2.75) is 71.0 Å². The fourth-order valence-electron chi connectivity index (χ4n) is 5.93. The van der Waals surface area contributed by atoms with Gasteiger partial charge in [0.25, 0.3) is 5.91 Å². The SMILES string of the molecule is COCCS(=O)(=O)NC(=O)c1ccc(-c2ccc(C(CN(C[C@H](O)c3ccc(Cl)nc3)C(=O)O)C(C)(C)C)cc2)cc1OC1CCCCC1. The van der Waals surface area contributed by atoms with E-state index in [-0.39, 0.29) is 53.6 Å². The van der Waals surface area contributed by atoms with E-state index in [1.54, 1.807) is 30.3 Å². The summed E-state index contributed by atoms with van der Waals surface area (Å²) >= 11 is 5.87. The van der Waals surface area contributed by atoms with Crippen LogP contribution in [0.3, 0.4) is 0 Å². The van der Waals surface area contributed by atoms with Crippen LogP contribution in [0.1, 0.15) is 86.4 Å². The average molecular weight is 716 g/mol. The minimum absolute atomic E-state index is 0.0452. The first kappa shape index (κ1) is 38.1. The second-order valence-electron chi connectivity index (χ2n) is 13.5. The van der Waals surface area contributed by atoms with Crippen LogP contribution >= 0.6 is 11.6 Å². The lowest BCUT2D eigenvalue weighted by molar-refractivity contribution is 0.0859. The number of methoxy groups -OCH3 is 1. The molecular formula is C36H46ClN3O8S. The van der Waals surface area contributed by atoms with Gasteiger partial charge in [-0.05, 0) is 66.0 Å². The minimum atomic E-state index is -3.91. The maximum Gasteiger partial charge on any atom is 0.407 e. The Morgan fingerprint density at radius 3 is 2.24 bits per heavy atom. The van der Waals surface area contributed by atoms with E-state index in [1.165, 1.54) is 18.2 Å². The third kappa shape index (κ3) is 10.9. The molecule has 2 amide bonds. The predicted octanol–water partition coefficient (Wildman–Crippen LogP) is 6.66. The van der Waals surface area contributed by atoms with Gasteiger partial charge in [-0.3, -0.25) is 4.79 Å². The molecule has 13 heteroatoms. The van der Waals surface area contributed by atoms with Gasteiger partial charge >= 0.3 is 6.09 Å². The summed E-state index contributed by atoms with van der Waals surface area (Å²) in [5, 5.41) is 21.1. The largest absolute Gasteiger partial charge is 0.490 e. The van der Waals surface area contributed by atoms with Gasteiger partial charge in [0.2, 0.25) is 10.0 Å². The van der Waals surface area contributed by atoms with Gasteiger partial charge in [0, 0.05) is 31.3 Å². The number of nitrogens with zero attached hydrogens (tertiary/aromatic N) is 2. The second-order valence-corrected chi connectivity index (χ2v) is 15.7. The number of benzene rings is 2. The van der Waals surface area contributed by atoms with Crippen LogP contribution in [0, 0.1) is 5.41 Å². The highest BCUT2D eigenvalue weighted by Gasteiger charge is 2.31. The van der Waals surface area contributed by atoms with Crippen LogP contribution in [0.4, 0.5) is 4.79 Å². The molecule has 0 aliphatic heterocycles. The Hall–Kier alpha value is -3.71. The number of hydrogen-bond donors (Lipinski definition) is 3. The smallest absolute Gasteiger partial charge is 0.407 e. The average Bonchev–Trinajstić information content (AvgIpc) is 3.05. The van der Waals surface area contributed by atoms with Crippen LogP contribution in [0.15, 0.2) is 60.8 Å². The number of nitrogens with one attached hydrogen (secondary N) is 1. The van der Waals surface area contributed by atoms with E-state index in [1.807, 2.05) is 45.0 Å². The standard InChI is InChI=1S/C36H46ClN3O8S/c1-36(2,3)30(22-40(35(43)44)23-31(41)27-15-17-33(37)38-21-27)25-12-10-24(11-13-25)26-14-16-29(34(42)39-49(45,46)19-18-47-4)32(20-26)48-28-8-6-5-7-9-28/h10-17,20-21,28,30-31,41H,5-9,18-19,22-23H2,1-4H3,(H,39,42)(H,43,44)/t30?,31-/m0/s1. The normalized spacial score (nSPS) is 15.3. The Balaban J connectivity index is 1.59. The van der Waals surface area contributed by atoms with E-state index in [0.717, 1.165) is 48.8 Å². The molecule has 11 nitrogen and oxygen atoms in total. The van der Waals surface area contributed by atoms with Crippen LogP contribution < -0.4 is 9.46 Å². The Kier molecular flexibility index (Phi) is 13.1. The number of rotatable bonds is 14. The minimum Gasteiger partial charge on any atom is -0.490 e. The Morgan fingerprint density at radius 2 is 1.65 bits per heavy atom. The summed E-state index contributed by atoms with van der Waals surface area (Å²) in [4.78, 5) is 30.7. The number of carboxylic acid groups (broad SMARTS) is 1. The third-order valence-electron chi connectivity index (χ3n) is 8.77. The zero-order valence-corrected chi connectivity index (χ0v) is 30.0. The molecule has 3 N–H and O–H groups in total. The lowest BCUT2D eigenvalue weighted by Gasteiger charge is -2.35. The molecule has 3 aromatic rings. The molecule has 0 radical (unpaired) electrons. The van der Waals surface area contributed by atoms with E-state index >= 15 is 0 Å². The maximum atomic E-state index is 13.2. The number of sulfonamides is 1. The molecule has 1 aromatic heterocycles. The van der Waals surface area contributed by atoms with Crippen molar-refractivity contribution >= 4 is 33.6 Å². The summed E-state index contributed by atoms with van der Waals surface area (Å²) in [7, 11) is -2.52. The lowest BCUT2D eigenvalue weighted by Crippen LogP contribution is -2.40. The molecule has 0 spiro atoms. The van der Waals surface area contributed by atoms with Crippen molar-refractivity contribution in [3.8, 4) is 16.9 Å². The second kappa shape index (κ2) is 16.8. The number of ether oxygens (including phenoxy) is 2. The van der Waals surface area contributed by atoms with Crippen molar-refractivity contribution in [1.29, 1.82) is 0 Å². The lowest BCUT2D eigenvalue weighted by atomic mass is 9.76. The van der Waals surface area contributed by atoms with Crippen molar-refractivity contribution in [3.63, 3.8) is 0 Å². The zero-order chi connectivity index (χ0) is 35.8. The van der Waals surface area contributed by atoms with Gasteiger partial charge in [0.15, 0.2) is 0 Å². The summed E-state index contributed by atoms with van der Waals surface area (Å²) in [5.41, 5.74) is 2.80. The molecule has 4 rings (SSSR count). The van der Waals surface area contributed by atoms with Gasteiger partial charge in [-0.1, -0.05) is 75.2 Å². The molecule has 1 heterocycles. The number of hydrogen-bond acceptors (Lipinski definition) is 8. The van der Waals surface area contributed by atoms with Gasteiger partial charge in [-0.15, -0.1) is 0 Å². The molecule has 1 unspecified atom stereocenters. The number of aliphatic hydroxyl groups is 1. The fourth-order valence-corrected chi connectivity index (χ4v) is 6.92. The molecular weight excluding hydrogens is 670 g/mol. The molecule has 266 valence electrons. The highest BCUT2D eigenvalue weighted by molar-refractivity contribution is 7.90. The van der Waals surface area contributed by atoms with Gasteiger partial charge in [-0.25, -0.2) is 22.9 Å². The monoisotopic (exact) mass is 715 g/mol. The molecule has 1 aliphatic rings. The van der Waals surface area contributed by atoms with Crippen molar-refractivity contribution in [1.82, 2.24) is 14.6 Å². The molecule has 0 saturated heterocycles. The van der Waals surface area contributed by atoms with Crippen molar-refractivity contribution < 1.29 is 37.7 Å². The number of aromatic nitrogens is 1. The van der Waals surface area contributed by atoms with Crippen molar-refractivity contribution in [2.75, 3.05) is 32.6 Å². The summed E-state index contributed by atoms with van der Waals surface area (Å²) in [6.45, 7) is 6.09. The first-order valence-corrected chi connectivity index (χ1v) is 18.4. The first-order valence-electron chi connectivity index (χ1n) is 16.4. The zero-order valence-electron chi connectivity index (χ0n) is 28.4.